The predicted octanol–water partition coefficient (Wildman–Crippen LogP) is 2.75. The van der Waals surface area contributed by atoms with Gasteiger partial charge in [0.25, 0.3) is 0 Å². The van der Waals surface area contributed by atoms with E-state index in [1.54, 1.807) is 0 Å². The number of primary amides is 1. The Labute approximate surface area is 113 Å². The zero-order chi connectivity index (χ0) is 13.8. The standard InChI is InChI=1S/C16H20N2O/c1-3-15(16(17)19)18-11(2)13-10-6-8-12-7-4-5-9-14(12)13/h4-11,15,18H,3H2,1-2H3,(H2,17,19)/t11-,15-/m0/s1. The first-order valence-electron chi connectivity index (χ1n) is 6.66. The van der Waals surface area contributed by atoms with E-state index in [4.69, 9.17) is 5.73 Å². The Morgan fingerprint density at radius 3 is 2.58 bits per heavy atom. The summed E-state index contributed by atoms with van der Waals surface area (Å²) in [6.45, 7) is 4.02. The van der Waals surface area contributed by atoms with Crippen LogP contribution in [0, 0.1) is 0 Å². The van der Waals surface area contributed by atoms with Crippen LogP contribution in [0.1, 0.15) is 31.9 Å². The van der Waals surface area contributed by atoms with E-state index in [9.17, 15) is 4.79 Å². The zero-order valence-corrected chi connectivity index (χ0v) is 11.4. The molecule has 3 heteroatoms. The number of carbonyl (C=O) groups excluding carboxylic acids is 1. The van der Waals surface area contributed by atoms with Crippen molar-refractivity contribution in [2.24, 2.45) is 5.73 Å². The fourth-order valence-corrected chi connectivity index (χ4v) is 2.42. The van der Waals surface area contributed by atoms with E-state index >= 15 is 0 Å². The van der Waals surface area contributed by atoms with Crippen molar-refractivity contribution in [3.05, 3.63) is 48.0 Å². The summed E-state index contributed by atoms with van der Waals surface area (Å²) in [5, 5.41) is 5.72. The Morgan fingerprint density at radius 2 is 1.89 bits per heavy atom. The molecule has 1 amide bonds. The van der Waals surface area contributed by atoms with Crippen molar-refractivity contribution in [3.63, 3.8) is 0 Å². The van der Waals surface area contributed by atoms with Gasteiger partial charge in [-0.15, -0.1) is 0 Å². The van der Waals surface area contributed by atoms with Crippen LogP contribution in [-0.4, -0.2) is 11.9 Å². The normalized spacial score (nSPS) is 14.2. The van der Waals surface area contributed by atoms with Crippen molar-refractivity contribution < 1.29 is 4.79 Å². The number of carbonyl (C=O) groups is 1. The third-order valence-corrected chi connectivity index (χ3v) is 3.49. The minimum Gasteiger partial charge on any atom is -0.368 e. The second-order valence-electron chi connectivity index (χ2n) is 4.82. The monoisotopic (exact) mass is 256 g/mol. The lowest BCUT2D eigenvalue weighted by Gasteiger charge is -2.21. The summed E-state index contributed by atoms with van der Waals surface area (Å²) >= 11 is 0. The highest BCUT2D eigenvalue weighted by molar-refractivity contribution is 5.86. The highest BCUT2D eigenvalue weighted by Crippen LogP contribution is 2.24. The number of fused-ring (bicyclic) bond motifs is 1. The fourth-order valence-electron chi connectivity index (χ4n) is 2.42. The van der Waals surface area contributed by atoms with Crippen LogP contribution in [0.5, 0.6) is 0 Å². The van der Waals surface area contributed by atoms with E-state index in [1.165, 1.54) is 16.3 Å². The molecule has 0 aliphatic rings. The summed E-state index contributed by atoms with van der Waals surface area (Å²) in [6.07, 6.45) is 0.699. The maximum atomic E-state index is 11.3. The molecule has 3 nitrogen and oxygen atoms in total. The minimum absolute atomic E-state index is 0.0866. The van der Waals surface area contributed by atoms with Crippen molar-refractivity contribution in [3.8, 4) is 0 Å². The molecule has 0 heterocycles. The molecule has 0 unspecified atom stereocenters. The van der Waals surface area contributed by atoms with Crippen molar-refractivity contribution in [2.75, 3.05) is 0 Å². The van der Waals surface area contributed by atoms with Gasteiger partial charge in [0.2, 0.25) is 5.91 Å². The number of rotatable bonds is 5. The molecule has 0 fully saturated rings. The number of nitrogens with one attached hydrogen (secondary N) is 1. The Bertz CT molecular complexity index is 574. The van der Waals surface area contributed by atoms with E-state index in [0.717, 1.165) is 0 Å². The van der Waals surface area contributed by atoms with Gasteiger partial charge in [0, 0.05) is 6.04 Å². The maximum Gasteiger partial charge on any atom is 0.234 e. The Kier molecular flexibility index (Phi) is 4.17. The molecule has 100 valence electrons. The van der Waals surface area contributed by atoms with Gasteiger partial charge in [-0.05, 0) is 29.7 Å². The third-order valence-electron chi connectivity index (χ3n) is 3.49. The predicted molar refractivity (Wildman–Crippen MR) is 78.8 cm³/mol. The molecule has 19 heavy (non-hydrogen) atoms. The van der Waals surface area contributed by atoms with Gasteiger partial charge in [-0.25, -0.2) is 0 Å². The van der Waals surface area contributed by atoms with Gasteiger partial charge in [-0.3, -0.25) is 10.1 Å². The molecule has 2 atom stereocenters. The smallest absolute Gasteiger partial charge is 0.234 e. The third kappa shape index (κ3) is 2.93. The van der Waals surface area contributed by atoms with E-state index in [2.05, 4.69) is 36.5 Å². The van der Waals surface area contributed by atoms with Crippen LogP contribution in [0.2, 0.25) is 0 Å². The zero-order valence-electron chi connectivity index (χ0n) is 11.4. The summed E-state index contributed by atoms with van der Waals surface area (Å²) in [5.41, 5.74) is 6.58. The van der Waals surface area contributed by atoms with Crippen molar-refractivity contribution in [2.45, 2.75) is 32.4 Å². The van der Waals surface area contributed by atoms with Gasteiger partial charge in [-0.2, -0.15) is 0 Å². The summed E-state index contributed by atoms with van der Waals surface area (Å²) in [7, 11) is 0. The molecule has 0 spiro atoms. The van der Waals surface area contributed by atoms with Crippen molar-refractivity contribution >= 4 is 16.7 Å². The molecular weight excluding hydrogens is 236 g/mol. The van der Waals surface area contributed by atoms with Crippen LogP contribution < -0.4 is 11.1 Å². The first kappa shape index (κ1) is 13.6. The van der Waals surface area contributed by atoms with E-state index in [0.29, 0.717) is 6.42 Å². The Balaban J connectivity index is 2.31. The average Bonchev–Trinajstić information content (AvgIpc) is 2.43. The van der Waals surface area contributed by atoms with Gasteiger partial charge in [-0.1, -0.05) is 49.4 Å². The minimum atomic E-state index is -0.297. The van der Waals surface area contributed by atoms with Crippen LogP contribution in [-0.2, 0) is 4.79 Å². The average molecular weight is 256 g/mol. The summed E-state index contributed by atoms with van der Waals surface area (Å²) < 4.78 is 0. The topological polar surface area (TPSA) is 55.1 Å². The quantitative estimate of drug-likeness (QED) is 0.864. The molecule has 0 radical (unpaired) electrons. The van der Waals surface area contributed by atoms with E-state index in [-0.39, 0.29) is 18.0 Å². The number of hydrogen-bond acceptors (Lipinski definition) is 2. The molecule has 2 aromatic rings. The lowest BCUT2D eigenvalue weighted by molar-refractivity contribution is -0.120. The van der Waals surface area contributed by atoms with Crippen molar-refractivity contribution in [1.82, 2.24) is 5.32 Å². The van der Waals surface area contributed by atoms with Gasteiger partial charge in [0.15, 0.2) is 0 Å². The van der Waals surface area contributed by atoms with Gasteiger partial charge >= 0.3 is 0 Å². The van der Waals surface area contributed by atoms with Crippen LogP contribution in [0.25, 0.3) is 10.8 Å². The number of amides is 1. The van der Waals surface area contributed by atoms with Crippen molar-refractivity contribution in [1.29, 1.82) is 0 Å². The molecule has 0 aliphatic carbocycles. The molecule has 3 N–H and O–H groups in total. The summed E-state index contributed by atoms with van der Waals surface area (Å²) in [4.78, 5) is 11.3. The van der Waals surface area contributed by atoms with E-state index in [1.807, 2.05) is 25.1 Å². The first-order valence-corrected chi connectivity index (χ1v) is 6.66. The Morgan fingerprint density at radius 1 is 1.21 bits per heavy atom. The van der Waals surface area contributed by atoms with Crippen LogP contribution >= 0.6 is 0 Å². The second kappa shape index (κ2) is 5.85. The molecule has 0 saturated heterocycles. The number of benzene rings is 2. The van der Waals surface area contributed by atoms with Crippen LogP contribution in [0.3, 0.4) is 0 Å². The SMILES string of the molecule is CC[C@H](N[C@@H](C)c1cccc2ccccc12)C(N)=O. The second-order valence-corrected chi connectivity index (χ2v) is 4.82. The fraction of sp³-hybridized carbons (Fsp3) is 0.312. The molecule has 0 bridgehead atoms. The van der Waals surface area contributed by atoms with Gasteiger partial charge in [0.1, 0.15) is 0 Å². The lowest BCUT2D eigenvalue weighted by atomic mass is 9.99. The first-order chi connectivity index (χ1) is 9.13. The van der Waals surface area contributed by atoms with Gasteiger partial charge < -0.3 is 5.73 Å². The summed E-state index contributed by atoms with van der Waals surface area (Å²) in [5.74, 6) is -0.297. The molecular formula is C16H20N2O. The summed E-state index contributed by atoms with van der Waals surface area (Å²) in [6, 6.07) is 14.3. The largest absolute Gasteiger partial charge is 0.368 e. The number of nitrogens with two attached hydrogens (primary N) is 1. The molecule has 0 aliphatic heterocycles. The van der Waals surface area contributed by atoms with Crippen LogP contribution in [0.15, 0.2) is 42.5 Å². The molecule has 2 aromatic carbocycles. The molecule has 0 saturated carbocycles. The highest BCUT2D eigenvalue weighted by Gasteiger charge is 2.17. The van der Waals surface area contributed by atoms with Gasteiger partial charge in [0.05, 0.1) is 6.04 Å². The highest BCUT2D eigenvalue weighted by atomic mass is 16.1. The number of hydrogen-bond donors (Lipinski definition) is 2. The molecule has 0 aromatic heterocycles. The van der Waals surface area contributed by atoms with E-state index < -0.39 is 0 Å². The lowest BCUT2D eigenvalue weighted by Crippen LogP contribution is -2.41. The van der Waals surface area contributed by atoms with Crippen LogP contribution in [0.4, 0.5) is 0 Å². The Hall–Kier alpha value is -1.87. The maximum absolute atomic E-state index is 11.3. The molecule has 2 rings (SSSR count).